The predicted octanol–water partition coefficient (Wildman–Crippen LogP) is 0.923. The van der Waals surface area contributed by atoms with E-state index < -0.39 is 5.91 Å². The van der Waals surface area contributed by atoms with Gasteiger partial charge in [-0.1, -0.05) is 0 Å². The number of H-pyrrole nitrogens is 1. The maximum atomic E-state index is 12.1. The van der Waals surface area contributed by atoms with Crippen LogP contribution in [-0.2, 0) is 0 Å². The molecule has 3 rings (SSSR count). The molecule has 0 radical (unpaired) electrons. The first-order chi connectivity index (χ1) is 9.56. The van der Waals surface area contributed by atoms with Gasteiger partial charge in [-0.2, -0.15) is 10.2 Å². The third kappa shape index (κ3) is 2.20. The van der Waals surface area contributed by atoms with Gasteiger partial charge in [-0.05, 0) is 26.7 Å². The molecule has 1 aliphatic carbocycles. The first kappa shape index (κ1) is 12.5. The third-order valence-corrected chi connectivity index (χ3v) is 3.35. The van der Waals surface area contributed by atoms with E-state index in [2.05, 4.69) is 30.7 Å². The van der Waals surface area contributed by atoms with Crippen LogP contribution in [0.15, 0.2) is 0 Å². The van der Waals surface area contributed by atoms with Crippen molar-refractivity contribution in [3.05, 3.63) is 22.8 Å². The van der Waals surface area contributed by atoms with Crippen LogP contribution in [0.2, 0.25) is 0 Å². The first-order valence-electron chi connectivity index (χ1n) is 6.39. The molecular formula is C12H15N7O. The molecule has 1 aliphatic rings. The molecule has 1 fully saturated rings. The number of carbonyl (C=O) groups excluding carboxylic acids is 1. The van der Waals surface area contributed by atoms with Crippen molar-refractivity contribution in [2.24, 2.45) is 0 Å². The van der Waals surface area contributed by atoms with Gasteiger partial charge in [0.25, 0.3) is 5.91 Å². The van der Waals surface area contributed by atoms with Gasteiger partial charge in [0.05, 0.1) is 22.8 Å². The summed E-state index contributed by atoms with van der Waals surface area (Å²) in [4.78, 5) is 16.2. The number of anilines is 2. The highest BCUT2D eigenvalue weighted by Crippen LogP contribution is 2.42. The van der Waals surface area contributed by atoms with E-state index in [1.807, 2.05) is 0 Å². The van der Waals surface area contributed by atoms with E-state index in [-0.39, 0.29) is 11.6 Å². The summed E-state index contributed by atoms with van der Waals surface area (Å²) in [7, 11) is 0. The van der Waals surface area contributed by atoms with Crippen molar-refractivity contribution in [1.82, 2.24) is 25.4 Å². The summed E-state index contributed by atoms with van der Waals surface area (Å²) in [5.74, 6) is 0.118. The van der Waals surface area contributed by atoms with Gasteiger partial charge < -0.3 is 5.73 Å². The van der Waals surface area contributed by atoms with Crippen molar-refractivity contribution < 1.29 is 4.79 Å². The monoisotopic (exact) mass is 273 g/mol. The van der Waals surface area contributed by atoms with E-state index in [4.69, 9.17) is 5.73 Å². The number of aromatic amines is 1. The summed E-state index contributed by atoms with van der Waals surface area (Å²) < 4.78 is 0. The molecule has 2 aromatic heterocycles. The molecule has 0 atom stereocenters. The van der Waals surface area contributed by atoms with Crippen LogP contribution in [0.5, 0.6) is 0 Å². The zero-order valence-electron chi connectivity index (χ0n) is 11.3. The lowest BCUT2D eigenvalue weighted by Gasteiger charge is -2.03. The van der Waals surface area contributed by atoms with Gasteiger partial charge in [0, 0.05) is 5.92 Å². The predicted molar refractivity (Wildman–Crippen MR) is 72.2 cm³/mol. The maximum Gasteiger partial charge on any atom is 0.280 e. The number of aromatic nitrogens is 5. The summed E-state index contributed by atoms with van der Waals surface area (Å²) >= 11 is 0. The zero-order valence-corrected chi connectivity index (χ0v) is 11.3. The highest BCUT2D eigenvalue weighted by molar-refractivity contribution is 6.05. The minimum Gasteiger partial charge on any atom is -0.395 e. The van der Waals surface area contributed by atoms with Crippen molar-refractivity contribution in [2.45, 2.75) is 32.6 Å². The second-order valence-corrected chi connectivity index (χ2v) is 4.93. The Hall–Kier alpha value is -2.51. The van der Waals surface area contributed by atoms with Crippen molar-refractivity contribution in [3.8, 4) is 0 Å². The summed E-state index contributed by atoms with van der Waals surface area (Å²) in [6, 6.07) is 0. The number of nitrogen functional groups attached to an aromatic ring is 1. The quantitative estimate of drug-likeness (QED) is 0.764. The van der Waals surface area contributed by atoms with E-state index in [0.717, 1.165) is 24.2 Å². The average molecular weight is 273 g/mol. The van der Waals surface area contributed by atoms with Gasteiger partial charge in [0.1, 0.15) is 0 Å². The van der Waals surface area contributed by atoms with Crippen molar-refractivity contribution in [2.75, 3.05) is 11.1 Å². The molecule has 8 nitrogen and oxygen atoms in total. The number of rotatable bonds is 3. The van der Waals surface area contributed by atoms with Crippen LogP contribution in [-0.4, -0.2) is 31.3 Å². The number of carbonyl (C=O) groups is 1. The van der Waals surface area contributed by atoms with Gasteiger partial charge >= 0.3 is 0 Å². The highest BCUT2D eigenvalue weighted by atomic mass is 16.2. The molecule has 4 N–H and O–H groups in total. The summed E-state index contributed by atoms with van der Waals surface area (Å²) in [6.45, 7) is 3.60. The van der Waals surface area contributed by atoms with Crippen molar-refractivity contribution in [1.29, 1.82) is 0 Å². The average Bonchev–Trinajstić information content (AvgIpc) is 3.17. The molecular weight excluding hydrogens is 258 g/mol. The Balaban J connectivity index is 1.80. The number of hydrogen-bond donors (Lipinski definition) is 3. The van der Waals surface area contributed by atoms with Crippen molar-refractivity contribution >= 4 is 17.5 Å². The van der Waals surface area contributed by atoms with E-state index >= 15 is 0 Å². The van der Waals surface area contributed by atoms with Crippen LogP contribution in [0.1, 0.15) is 46.3 Å². The van der Waals surface area contributed by atoms with Gasteiger partial charge in [-0.15, -0.1) is 5.10 Å². The minimum atomic E-state index is -0.435. The van der Waals surface area contributed by atoms with Crippen LogP contribution < -0.4 is 11.1 Å². The summed E-state index contributed by atoms with van der Waals surface area (Å²) in [5, 5.41) is 17.1. The van der Waals surface area contributed by atoms with Crippen LogP contribution in [0.25, 0.3) is 0 Å². The number of amides is 1. The number of aryl methyl sites for hydroxylation is 2. The molecule has 1 saturated carbocycles. The van der Waals surface area contributed by atoms with Crippen molar-refractivity contribution in [3.63, 3.8) is 0 Å². The number of hydrogen-bond acceptors (Lipinski definition) is 6. The Morgan fingerprint density at radius 3 is 2.70 bits per heavy atom. The topological polar surface area (TPSA) is 122 Å². The summed E-state index contributed by atoms with van der Waals surface area (Å²) in [5.41, 5.74) is 8.80. The molecule has 1 amide bonds. The second kappa shape index (κ2) is 4.55. The second-order valence-electron chi connectivity index (χ2n) is 4.93. The molecule has 0 unspecified atom stereocenters. The molecule has 0 bridgehead atoms. The largest absolute Gasteiger partial charge is 0.395 e. The fourth-order valence-corrected chi connectivity index (χ4v) is 1.89. The Bertz CT molecular complexity index is 674. The van der Waals surface area contributed by atoms with Crippen LogP contribution >= 0.6 is 0 Å². The van der Waals surface area contributed by atoms with Crippen LogP contribution in [0.3, 0.4) is 0 Å². The van der Waals surface area contributed by atoms with Gasteiger partial charge in [-0.25, -0.2) is 4.98 Å². The molecule has 0 aliphatic heterocycles. The molecule has 0 spiro atoms. The molecule has 2 aromatic rings. The van der Waals surface area contributed by atoms with E-state index in [0.29, 0.717) is 17.3 Å². The normalized spacial score (nSPS) is 14.3. The number of nitrogens with zero attached hydrogens (tertiary/aromatic N) is 4. The Morgan fingerprint density at radius 2 is 2.05 bits per heavy atom. The van der Waals surface area contributed by atoms with Crippen LogP contribution in [0.4, 0.5) is 11.6 Å². The molecule has 0 saturated heterocycles. The Morgan fingerprint density at radius 1 is 1.30 bits per heavy atom. The molecule has 104 valence electrons. The summed E-state index contributed by atoms with van der Waals surface area (Å²) in [6.07, 6.45) is 2.16. The Labute approximate surface area is 115 Å². The molecule has 8 heteroatoms. The first-order valence-corrected chi connectivity index (χ1v) is 6.39. The lowest BCUT2D eigenvalue weighted by Crippen LogP contribution is -2.17. The lowest BCUT2D eigenvalue weighted by atomic mass is 10.2. The molecule has 0 aromatic carbocycles. The minimum absolute atomic E-state index is 0.147. The highest BCUT2D eigenvalue weighted by Gasteiger charge is 2.30. The Kier molecular flexibility index (Phi) is 2.85. The molecule has 20 heavy (non-hydrogen) atoms. The van der Waals surface area contributed by atoms with Crippen LogP contribution in [0, 0.1) is 13.8 Å². The number of nitrogens with one attached hydrogen (secondary N) is 2. The zero-order chi connectivity index (χ0) is 14.3. The van der Waals surface area contributed by atoms with Gasteiger partial charge in [0.2, 0.25) is 5.95 Å². The van der Waals surface area contributed by atoms with E-state index in [1.54, 1.807) is 13.8 Å². The standard InChI is InChI=1S/C12H15N7O/c1-5-6(2)16-19-12(14-5)15-11(20)10-8(13)9(17-18-10)7-3-4-7/h7H,3-4,13H2,1-2H3,(H,17,18)(H,14,15,19,20). The SMILES string of the molecule is Cc1nnc(NC(=O)c2n[nH]c(C3CC3)c2N)nc1C. The number of nitrogens with two attached hydrogens (primary N) is 1. The van der Waals surface area contributed by atoms with E-state index in [1.165, 1.54) is 0 Å². The maximum absolute atomic E-state index is 12.1. The third-order valence-electron chi connectivity index (χ3n) is 3.35. The van der Waals surface area contributed by atoms with E-state index in [9.17, 15) is 4.79 Å². The fourth-order valence-electron chi connectivity index (χ4n) is 1.89. The van der Waals surface area contributed by atoms with Gasteiger partial charge in [0.15, 0.2) is 5.69 Å². The smallest absolute Gasteiger partial charge is 0.280 e. The van der Waals surface area contributed by atoms with Gasteiger partial charge in [-0.3, -0.25) is 15.2 Å². The molecule has 2 heterocycles. The fraction of sp³-hybridized carbons (Fsp3) is 0.417. The lowest BCUT2D eigenvalue weighted by molar-refractivity contribution is 0.102.